The summed E-state index contributed by atoms with van der Waals surface area (Å²) in [5.41, 5.74) is 6.15. The second-order valence-corrected chi connectivity index (χ2v) is 7.67. The standard InChI is InChI=1S/C22H29N3S/c1-16-7-10-20(15-17(16)2)24-22(26)23-18(3)19-8-11-21(12-9-19)25-13-5-4-6-14-25/h7-12,15,18H,4-6,13-14H2,1-3H3,(H2,23,24,26)/t18-/m0/s1. The Bertz CT molecular complexity index is 748. The molecule has 2 N–H and O–H groups in total. The zero-order chi connectivity index (χ0) is 18.5. The van der Waals surface area contributed by atoms with Gasteiger partial charge in [0, 0.05) is 24.5 Å². The van der Waals surface area contributed by atoms with Crippen LogP contribution in [-0.2, 0) is 0 Å². The Labute approximate surface area is 162 Å². The fourth-order valence-corrected chi connectivity index (χ4v) is 3.69. The molecule has 26 heavy (non-hydrogen) atoms. The van der Waals surface area contributed by atoms with Gasteiger partial charge in [-0.15, -0.1) is 0 Å². The predicted molar refractivity (Wildman–Crippen MR) is 116 cm³/mol. The number of anilines is 2. The van der Waals surface area contributed by atoms with Crippen molar-refractivity contribution in [2.75, 3.05) is 23.3 Å². The molecule has 0 spiro atoms. The Kier molecular flexibility index (Phi) is 6.15. The number of thiocarbonyl (C=S) groups is 1. The third-order valence-corrected chi connectivity index (χ3v) is 5.45. The van der Waals surface area contributed by atoms with Crippen LogP contribution in [0.2, 0.25) is 0 Å². The van der Waals surface area contributed by atoms with Gasteiger partial charge in [0.2, 0.25) is 0 Å². The van der Waals surface area contributed by atoms with Crippen molar-refractivity contribution in [3.63, 3.8) is 0 Å². The van der Waals surface area contributed by atoms with Crippen molar-refractivity contribution in [3.8, 4) is 0 Å². The van der Waals surface area contributed by atoms with E-state index in [1.54, 1.807) is 0 Å². The van der Waals surface area contributed by atoms with Gasteiger partial charge in [-0.2, -0.15) is 0 Å². The molecule has 1 aliphatic rings. The molecule has 2 aromatic rings. The molecule has 2 aromatic carbocycles. The monoisotopic (exact) mass is 367 g/mol. The van der Waals surface area contributed by atoms with Crippen LogP contribution in [0.15, 0.2) is 42.5 Å². The van der Waals surface area contributed by atoms with E-state index in [1.165, 1.54) is 54.7 Å². The van der Waals surface area contributed by atoms with E-state index in [0.29, 0.717) is 5.11 Å². The van der Waals surface area contributed by atoms with Gasteiger partial charge >= 0.3 is 0 Å². The highest BCUT2D eigenvalue weighted by Crippen LogP contribution is 2.22. The quantitative estimate of drug-likeness (QED) is 0.713. The van der Waals surface area contributed by atoms with Gasteiger partial charge in [0.1, 0.15) is 0 Å². The molecule has 0 bridgehead atoms. The van der Waals surface area contributed by atoms with Gasteiger partial charge in [0.25, 0.3) is 0 Å². The summed E-state index contributed by atoms with van der Waals surface area (Å²) in [5, 5.41) is 7.32. The van der Waals surface area contributed by atoms with Crippen molar-refractivity contribution < 1.29 is 0 Å². The van der Waals surface area contributed by atoms with Crippen LogP contribution in [0.1, 0.15) is 48.9 Å². The Morgan fingerprint density at radius 1 is 0.962 bits per heavy atom. The van der Waals surface area contributed by atoms with Crippen molar-refractivity contribution >= 4 is 28.7 Å². The molecule has 0 aromatic heterocycles. The molecule has 1 aliphatic heterocycles. The molecule has 3 rings (SSSR count). The van der Waals surface area contributed by atoms with Crippen LogP contribution in [0.3, 0.4) is 0 Å². The fraction of sp³-hybridized carbons (Fsp3) is 0.409. The summed E-state index contributed by atoms with van der Waals surface area (Å²) >= 11 is 5.49. The molecule has 0 unspecified atom stereocenters. The maximum atomic E-state index is 5.49. The first-order chi connectivity index (χ1) is 12.5. The summed E-state index contributed by atoms with van der Waals surface area (Å²) in [7, 11) is 0. The fourth-order valence-electron chi connectivity index (χ4n) is 3.39. The lowest BCUT2D eigenvalue weighted by atomic mass is 10.1. The molecule has 138 valence electrons. The van der Waals surface area contributed by atoms with Crippen LogP contribution < -0.4 is 15.5 Å². The summed E-state index contributed by atoms with van der Waals surface area (Å²) in [5.74, 6) is 0. The van der Waals surface area contributed by atoms with Gasteiger partial charge in [-0.05, 0) is 93.2 Å². The van der Waals surface area contributed by atoms with Crippen LogP contribution in [0.25, 0.3) is 0 Å². The highest BCUT2D eigenvalue weighted by Gasteiger charge is 2.12. The molecule has 0 radical (unpaired) electrons. The third kappa shape index (κ3) is 4.76. The first-order valence-electron chi connectivity index (χ1n) is 9.52. The molecule has 0 aliphatic carbocycles. The second kappa shape index (κ2) is 8.54. The lowest BCUT2D eigenvalue weighted by molar-refractivity contribution is 0.577. The first kappa shape index (κ1) is 18.7. The highest BCUT2D eigenvalue weighted by molar-refractivity contribution is 7.80. The lowest BCUT2D eigenvalue weighted by Gasteiger charge is -2.29. The lowest BCUT2D eigenvalue weighted by Crippen LogP contribution is -2.31. The van der Waals surface area contributed by atoms with E-state index in [9.17, 15) is 0 Å². The highest BCUT2D eigenvalue weighted by atomic mass is 32.1. The van der Waals surface area contributed by atoms with Crippen LogP contribution in [0.4, 0.5) is 11.4 Å². The summed E-state index contributed by atoms with van der Waals surface area (Å²) in [4.78, 5) is 2.48. The predicted octanol–water partition coefficient (Wildman–Crippen LogP) is 5.34. The molecule has 4 heteroatoms. The van der Waals surface area contributed by atoms with Gasteiger partial charge in [0.15, 0.2) is 5.11 Å². The number of nitrogens with zero attached hydrogens (tertiary/aromatic N) is 1. The zero-order valence-corrected chi connectivity index (χ0v) is 16.8. The molecular weight excluding hydrogens is 338 g/mol. The zero-order valence-electron chi connectivity index (χ0n) is 16.0. The van der Waals surface area contributed by atoms with E-state index >= 15 is 0 Å². The maximum absolute atomic E-state index is 5.49. The van der Waals surface area contributed by atoms with E-state index < -0.39 is 0 Å². The molecule has 1 heterocycles. The summed E-state index contributed by atoms with van der Waals surface area (Å²) in [6, 6.07) is 15.4. The second-order valence-electron chi connectivity index (χ2n) is 7.26. The minimum absolute atomic E-state index is 0.164. The van der Waals surface area contributed by atoms with Gasteiger partial charge in [-0.3, -0.25) is 0 Å². The van der Waals surface area contributed by atoms with E-state index in [4.69, 9.17) is 12.2 Å². The van der Waals surface area contributed by atoms with Crippen LogP contribution in [0, 0.1) is 13.8 Å². The number of piperidine rings is 1. The van der Waals surface area contributed by atoms with Gasteiger partial charge in [0.05, 0.1) is 6.04 Å². The van der Waals surface area contributed by atoms with Crippen molar-refractivity contribution in [2.45, 2.75) is 46.1 Å². The number of aryl methyl sites for hydroxylation is 2. The maximum Gasteiger partial charge on any atom is 0.171 e. The molecule has 1 atom stereocenters. The number of benzene rings is 2. The molecule has 0 saturated carbocycles. The van der Waals surface area contributed by atoms with E-state index in [0.717, 1.165) is 5.69 Å². The van der Waals surface area contributed by atoms with Gasteiger partial charge < -0.3 is 15.5 Å². The minimum atomic E-state index is 0.164. The number of hydrogen-bond acceptors (Lipinski definition) is 2. The average Bonchev–Trinajstić information content (AvgIpc) is 2.65. The van der Waals surface area contributed by atoms with Gasteiger partial charge in [-0.1, -0.05) is 18.2 Å². The van der Waals surface area contributed by atoms with E-state index in [1.807, 2.05) is 0 Å². The van der Waals surface area contributed by atoms with Crippen LogP contribution in [-0.4, -0.2) is 18.2 Å². The largest absolute Gasteiger partial charge is 0.372 e. The Balaban J connectivity index is 1.57. The summed E-state index contributed by atoms with van der Waals surface area (Å²) < 4.78 is 0. The molecule has 3 nitrogen and oxygen atoms in total. The van der Waals surface area contributed by atoms with Crippen LogP contribution in [0.5, 0.6) is 0 Å². The number of rotatable bonds is 4. The van der Waals surface area contributed by atoms with Crippen molar-refractivity contribution in [1.29, 1.82) is 0 Å². The van der Waals surface area contributed by atoms with Gasteiger partial charge in [-0.25, -0.2) is 0 Å². The topological polar surface area (TPSA) is 27.3 Å². The van der Waals surface area contributed by atoms with Crippen LogP contribution >= 0.6 is 12.2 Å². The Morgan fingerprint density at radius 3 is 2.31 bits per heavy atom. The number of hydrogen-bond donors (Lipinski definition) is 2. The number of nitrogens with one attached hydrogen (secondary N) is 2. The molecular formula is C22H29N3S. The summed E-state index contributed by atoms with van der Waals surface area (Å²) in [6.45, 7) is 8.73. The Hall–Kier alpha value is -2.07. The first-order valence-corrected chi connectivity index (χ1v) is 9.93. The van der Waals surface area contributed by atoms with E-state index in [2.05, 4.69) is 78.8 Å². The van der Waals surface area contributed by atoms with Crippen molar-refractivity contribution in [1.82, 2.24) is 5.32 Å². The van der Waals surface area contributed by atoms with E-state index in [-0.39, 0.29) is 6.04 Å². The molecule has 1 fully saturated rings. The average molecular weight is 368 g/mol. The third-order valence-electron chi connectivity index (χ3n) is 5.23. The van der Waals surface area contributed by atoms with Crippen molar-refractivity contribution in [3.05, 3.63) is 59.2 Å². The molecule has 1 saturated heterocycles. The van der Waals surface area contributed by atoms with Crippen molar-refractivity contribution in [2.24, 2.45) is 0 Å². The molecule has 0 amide bonds. The smallest absolute Gasteiger partial charge is 0.171 e. The Morgan fingerprint density at radius 2 is 1.65 bits per heavy atom. The normalized spacial score (nSPS) is 15.4. The SMILES string of the molecule is Cc1ccc(NC(=S)N[C@@H](C)c2ccc(N3CCCCC3)cc2)cc1C. The summed E-state index contributed by atoms with van der Waals surface area (Å²) in [6.07, 6.45) is 3.97. The minimum Gasteiger partial charge on any atom is -0.372 e.